The molecule has 0 saturated carbocycles. The Hall–Kier alpha value is -2.78. The van der Waals surface area contributed by atoms with Crippen molar-refractivity contribution in [2.75, 3.05) is 70.2 Å². The molecule has 2 aromatic carbocycles. The number of hydrogen-bond donors (Lipinski definition) is 2. The highest BCUT2D eigenvalue weighted by Gasteiger charge is 2.23. The maximum absolute atomic E-state index is 12.1. The summed E-state index contributed by atoms with van der Waals surface area (Å²) in [6.07, 6.45) is 1.35. The minimum Gasteiger partial charge on any atom is -0.492 e. The van der Waals surface area contributed by atoms with Crippen LogP contribution in [0.2, 0.25) is 10.0 Å². The summed E-state index contributed by atoms with van der Waals surface area (Å²) in [5.41, 5.74) is 2.51. The largest absolute Gasteiger partial charge is 0.492 e. The number of carboxylic acids is 1. The number of rotatable bonds is 9. The van der Waals surface area contributed by atoms with E-state index in [9.17, 15) is 9.90 Å². The molecule has 10 heteroatoms. The number of aromatic nitrogens is 1. The predicted octanol–water partition coefficient (Wildman–Crippen LogP) is 5.07. The van der Waals surface area contributed by atoms with Gasteiger partial charge in [-0.1, -0.05) is 29.3 Å². The lowest BCUT2D eigenvalue weighted by atomic mass is 10.1. The molecule has 1 aliphatic rings. The molecule has 1 saturated heterocycles. The van der Waals surface area contributed by atoms with Gasteiger partial charge in [-0.25, -0.2) is 4.79 Å². The number of benzene rings is 2. The molecule has 0 amide bonds. The Balaban J connectivity index is 1.75. The Kier molecular flexibility index (Phi) is 8.41. The van der Waals surface area contributed by atoms with Crippen LogP contribution in [0.5, 0.6) is 5.75 Å². The summed E-state index contributed by atoms with van der Waals surface area (Å²) in [7, 11) is 4.17. The van der Waals surface area contributed by atoms with Gasteiger partial charge in [-0.3, -0.25) is 9.88 Å². The standard InChI is InChI=1S/C26H31Cl2N5O3/c1-4-36-23-15-21-17(14-22(23)33-12-10-32(11-13-33)9-8-31(2)3)25(18(16-29-21)26(34)35)30-20-7-5-6-19(27)24(20)28/h5-7,14-16H,4,8-13H2,1-3H3,(H,29,30)(H,34,35). The maximum atomic E-state index is 12.1. The number of ether oxygens (including phenoxy) is 1. The molecule has 1 aromatic heterocycles. The second kappa shape index (κ2) is 11.5. The molecule has 36 heavy (non-hydrogen) atoms. The van der Waals surface area contributed by atoms with Crippen molar-refractivity contribution in [1.29, 1.82) is 0 Å². The highest BCUT2D eigenvalue weighted by Crippen LogP contribution is 2.40. The fourth-order valence-corrected chi connectivity index (χ4v) is 4.66. The Morgan fingerprint density at radius 2 is 1.94 bits per heavy atom. The lowest BCUT2D eigenvalue weighted by Crippen LogP contribution is -2.48. The van der Waals surface area contributed by atoms with Crippen molar-refractivity contribution in [3.8, 4) is 5.75 Å². The number of anilines is 3. The van der Waals surface area contributed by atoms with Gasteiger partial charge in [-0.05, 0) is 39.2 Å². The minimum absolute atomic E-state index is 0.0437. The van der Waals surface area contributed by atoms with E-state index in [2.05, 4.69) is 39.1 Å². The number of halogens is 2. The fraction of sp³-hybridized carbons (Fsp3) is 0.385. The first-order chi connectivity index (χ1) is 17.3. The van der Waals surface area contributed by atoms with Crippen LogP contribution >= 0.6 is 23.2 Å². The second-order valence-electron chi connectivity index (χ2n) is 8.98. The summed E-state index contributed by atoms with van der Waals surface area (Å²) in [6.45, 7) is 8.06. The van der Waals surface area contributed by atoms with Crippen LogP contribution in [0.15, 0.2) is 36.5 Å². The number of aromatic carboxylic acids is 1. The molecule has 192 valence electrons. The molecule has 1 fully saturated rings. The van der Waals surface area contributed by atoms with Crippen molar-refractivity contribution in [3.05, 3.63) is 52.1 Å². The number of pyridine rings is 1. The Morgan fingerprint density at radius 3 is 2.61 bits per heavy atom. The lowest BCUT2D eigenvalue weighted by molar-refractivity contribution is 0.0697. The zero-order chi connectivity index (χ0) is 25.8. The summed E-state index contributed by atoms with van der Waals surface area (Å²) in [5.74, 6) is -0.357. The molecule has 0 bridgehead atoms. The molecule has 4 rings (SSSR count). The van der Waals surface area contributed by atoms with E-state index in [4.69, 9.17) is 27.9 Å². The van der Waals surface area contributed by atoms with Crippen molar-refractivity contribution >= 4 is 57.1 Å². The number of likely N-dealkylation sites (N-methyl/N-ethyl adjacent to an activating group) is 1. The van der Waals surface area contributed by atoms with Gasteiger partial charge in [0.05, 0.1) is 39.2 Å². The van der Waals surface area contributed by atoms with Gasteiger partial charge in [0.1, 0.15) is 11.3 Å². The summed E-state index contributed by atoms with van der Waals surface area (Å²) in [5, 5.41) is 14.5. The van der Waals surface area contributed by atoms with Crippen LogP contribution in [0.25, 0.3) is 10.9 Å². The first kappa shape index (κ1) is 26.3. The third kappa shape index (κ3) is 5.78. The topological polar surface area (TPSA) is 81.2 Å². The summed E-state index contributed by atoms with van der Waals surface area (Å²) >= 11 is 12.6. The maximum Gasteiger partial charge on any atom is 0.339 e. The zero-order valence-corrected chi connectivity index (χ0v) is 22.2. The number of nitrogens with one attached hydrogen (secondary N) is 1. The quantitative estimate of drug-likeness (QED) is 0.396. The average Bonchev–Trinajstić information content (AvgIpc) is 2.85. The van der Waals surface area contributed by atoms with Gasteiger partial charge < -0.3 is 25.0 Å². The van der Waals surface area contributed by atoms with Gasteiger partial charge in [0.25, 0.3) is 0 Å². The number of nitrogens with zero attached hydrogens (tertiary/aromatic N) is 4. The van der Waals surface area contributed by atoms with Crippen LogP contribution in [0, 0.1) is 0 Å². The van der Waals surface area contributed by atoms with Gasteiger partial charge in [0.15, 0.2) is 0 Å². The van der Waals surface area contributed by atoms with E-state index in [1.54, 1.807) is 18.2 Å². The van der Waals surface area contributed by atoms with Gasteiger partial charge in [-0.2, -0.15) is 0 Å². The first-order valence-electron chi connectivity index (χ1n) is 11.9. The number of hydrogen-bond acceptors (Lipinski definition) is 7. The van der Waals surface area contributed by atoms with E-state index in [-0.39, 0.29) is 5.56 Å². The molecule has 1 aliphatic heterocycles. The van der Waals surface area contributed by atoms with Crippen LogP contribution in [-0.2, 0) is 0 Å². The van der Waals surface area contributed by atoms with Crippen molar-refractivity contribution in [2.24, 2.45) is 0 Å². The monoisotopic (exact) mass is 531 g/mol. The lowest BCUT2D eigenvalue weighted by Gasteiger charge is -2.37. The molecule has 8 nitrogen and oxygen atoms in total. The third-order valence-corrected chi connectivity index (χ3v) is 7.09. The van der Waals surface area contributed by atoms with Crippen LogP contribution < -0.4 is 15.0 Å². The molecule has 3 aromatic rings. The summed E-state index contributed by atoms with van der Waals surface area (Å²) in [6, 6.07) is 9.05. The number of fused-ring (bicyclic) bond motifs is 1. The predicted molar refractivity (Wildman–Crippen MR) is 147 cm³/mol. The Labute approximate surface area is 221 Å². The van der Waals surface area contributed by atoms with Crippen LogP contribution in [0.1, 0.15) is 17.3 Å². The zero-order valence-electron chi connectivity index (χ0n) is 20.7. The smallest absolute Gasteiger partial charge is 0.339 e. The third-order valence-electron chi connectivity index (χ3n) is 6.27. The van der Waals surface area contributed by atoms with Crippen LogP contribution in [-0.4, -0.2) is 85.8 Å². The van der Waals surface area contributed by atoms with Gasteiger partial charge in [0.2, 0.25) is 0 Å². The highest BCUT2D eigenvalue weighted by atomic mass is 35.5. The normalized spacial score (nSPS) is 14.4. The SMILES string of the molecule is CCOc1cc2ncc(C(=O)O)c(Nc3cccc(Cl)c3Cl)c2cc1N1CCN(CCN(C)C)CC1. The summed E-state index contributed by atoms with van der Waals surface area (Å²) < 4.78 is 6.00. The van der Waals surface area contributed by atoms with Gasteiger partial charge in [-0.15, -0.1) is 0 Å². The highest BCUT2D eigenvalue weighted by molar-refractivity contribution is 6.43. The molecule has 2 N–H and O–H groups in total. The van der Waals surface area contributed by atoms with E-state index in [0.717, 1.165) is 50.7 Å². The molecular weight excluding hydrogens is 501 g/mol. The van der Waals surface area contributed by atoms with Gasteiger partial charge >= 0.3 is 5.97 Å². The van der Waals surface area contributed by atoms with E-state index in [1.165, 1.54) is 6.20 Å². The molecule has 0 atom stereocenters. The molecule has 0 spiro atoms. The van der Waals surface area contributed by atoms with E-state index in [1.807, 2.05) is 19.1 Å². The second-order valence-corrected chi connectivity index (χ2v) is 9.77. The van der Waals surface area contributed by atoms with Crippen molar-refractivity contribution in [3.63, 3.8) is 0 Å². The molecule has 0 aliphatic carbocycles. The van der Waals surface area contributed by atoms with Crippen molar-refractivity contribution in [1.82, 2.24) is 14.8 Å². The van der Waals surface area contributed by atoms with E-state index in [0.29, 0.717) is 38.9 Å². The summed E-state index contributed by atoms with van der Waals surface area (Å²) in [4.78, 5) is 23.5. The molecule has 2 heterocycles. The first-order valence-corrected chi connectivity index (χ1v) is 12.7. The number of piperazine rings is 1. The van der Waals surface area contributed by atoms with Crippen molar-refractivity contribution < 1.29 is 14.6 Å². The molecule has 0 unspecified atom stereocenters. The van der Waals surface area contributed by atoms with E-state index >= 15 is 0 Å². The van der Waals surface area contributed by atoms with Crippen molar-refractivity contribution in [2.45, 2.75) is 6.92 Å². The Bertz CT molecular complexity index is 1250. The number of carbonyl (C=O) groups is 1. The fourth-order valence-electron chi connectivity index (χ4n) is 4.31. The molecular formula is C26H31Cl2N5O3. The Morgan fingerprint density at radius 1 is 1.19 bits per heavy atom. The van der Waals surface area contributed by atoms with Gasteiger partial charge in [0, 0.05) is 56.9 Å². The van der Waals surface area contributed by atoms with E-state index < -0.39 is 5.97 Å². The average molecular weight is 532 g/mol. The number of carboxylic acid groups (broad SMARTS) is 1. The van der Waals surface area contributed by atoms with Crippen LogP contribution in [0.4, 0.5) is 17.1 Å². The minimum atomic E-state index is -1.09. The molecule has 0 radical (unpaired) electrons. The van der Waals surface area contributed by atoms with Crippen LogP contribution in [0.3, 0.4) is 0 Å².